The molecule has 0 radical (unpaired) electrons. The molecule has 4 nitrogen and oxygen atoms in total. The van der Waals surface area contributed by atoms with Crippen LogP contribution in [-0.4, -0.2) is 33.1 Å². The zero-order valence-corrected chi connectivity index (χ0v) is 13.8. The van der Waals surface area contributed by atoms with E-state index in [9.17, 15) is 4.79 Å². The van der Waals surface area contributed by atoms with E-state index in [0.29, 0.717) is 11.6 Å². The van der Waals surface area contributed by atoms with Gasteiger partial charge in [-0.15, -0.1) is 0 Å². The molecule has 22 heavy (non-hydrogen) atoms. The minimum absolute atomic E-state index is 0.159. The molecule has 0 aliphatic heterocycles. The van der Waals surface area contributed by atoms with E-state index < -0.39 is 6.29 Å². The summed E-state index contributed by atoms with van der Waals surface area (Å²) in [5, 5.41) is 0.661. The highest BCUT2D eigenvalue weighted by Gasteiger charge is 2.10. The van der Waals surface area contributed by atoms with Gasteiger partial charge in [-0.05, 0) is 24.6 Å². The molecule has 0 N–H and O–H groups in total. The predicted octanol–water partition coefficient (Wildman–Crippen LogP) is 3.85. The van der Waals surface area contributed by atoms with Gasteiger partial charge in [0.05, 0.1) is 13.0 Å². The quantitative estimate of drug-likeness (QED) is 0.414. The molecule has 1 aromatic carbocycles. The molecule has 0 aliphatic carbocycles. The Bertz CT molecular complexity index is 533. The summed E-state index contributed by atoms with van der Waals surface area (Å²) in [6.07, 6.45) is 5.06. The smallest absolute Gasteiger partial charge is 0.309 e. The van der Waals surface area contributed by atoms with Crippen LogP contribution in [0.3, 0.4) is 0 Å². The molecule has 0 saturated heterocycles. The fourth-order valence-corrected chi connectivity index (χ4v) is 2.03. The number of methoxy groups -OCH3 is 2. The first-order chi connectivity index (χ1) is 10.6. The lowest BCUT2D eigenvalue weighted by Crippen LogP contribution is -2.15. The Labute approximate surface area is 136 Å². The average Bonchev–Trinajstić information content (AvgIpc) is 2.50. The summed E-state index contributed by atoms with van der Waals surface area (Å²) in [5.74, 6) is -0.290. The molecule has 1 aromatic rings. The Hall–Kier alpha value is -1.62. The lowest BCUT2D eigenvalue weighted by atomic mass is 10.1. The summed E-state index contributed by atoms with van der Waals surface area (Å²) < 4.78 is 15.4. The van der Waals surface area contributed by atoms with Crippen molar-refractivity contribution in [1.29, 1.82) is 0 Å². The molecule has 0 bridgehead atoms. The van der Waals surface area contributed by atoms with E-state index in [2.05, 4.69) is 0 Å². The minimum atomic E-state index is -0.551. The number of carbonyl (C=O) groups excluding carboxylic acids is 1. The number of hydrogen-bond acceptors (Lipinski definition) is 4. The van der Waals surface area contributed by atoms with Crippen molar-refractivity contribution < 1.29 is 19.0 Å². The van der Waals surface area contributed by atoms with Gasteiger partial charge in [0.15, 0.2) is 6.29 Å². The number of hydrogen-bond donors (Lipinski definition) is 0. The fourth-order valence-electron chi connectivity index (χ4n) is 1.84. The number of benzene rings is 1. The van der Waals surface area contributed by atoms with Gasteiger partial charge in [-0.2, -0.15) is 0 Å². The highest BCUT2D eigenvalue weighted by molar-refractivity contribution is 6.30. The largest absolute Gasteiger partial charge is 0.466 e. The van der Waals surface area contributed by atoms with Gasteiger partial charge in [0.2, 0.25) is 0 Å². The van der Waals surface area contributed by atoms with Crippen LogP contribution in [0.2, 0.25) is 5.02 Å². The van der Waals surface area contributed by atoms with Gasteiger partial charge in [0.1, 0.15) is 0 Å². The minimum Gasteiger partial charge on any atom is -0.466 e. The number of ether oxygens (including phenoxy) is 3. The topological polar surface area (TPSA) is 44.8 Å². The van der Waals surface area contributed by atoms with Crippen LogP contribution in [0, 0.1) is 0 Å². The molecule has 0 aromatic heterocycles. The average molecular weight is 325 g/mol. The van der Waals surface area contributed by atoms with E-state index in [0.717, 1.165) is 11.1 Å². The summed E-state index contributed by atoms with van der Waals surface area (Å²) in [7, 11) is 3.08. The van der Waals surface area contributed by atoms with Crippen molar-refractivity contribution in [2.24, 2.45) is 0 Å². The molecule has 5 heteroatoms. The zero-order valence-electron chi connectivity index (χ0n) is 13.0. The third-order valence-electron chi connectivity index (χ3n) is 2.83. The Balaban J connectivity index is 2.90. The highest BCUT2D eigenvalue weighted by Crippen LogP contribution is 2.16. The van der Waals surface area contributed by atoms with Crippen molar-refractivity contribution in [3.8, 4) is 0 Å². The Morgan fingerprint density at radius 3 is 2.64 bits per heavy atom. The summed E-state index contributed by atoms with van der Waals surface area (Å²) in [5.41, 5.74) is 1.68. The lowest BCUT2D eigenvalue weighted by molar-refractivity contribution is -0.142. The molecule has 0 heterocycles. The van der Waals surface area contributed by atoms with Crippen molar-refractivity contribution in [3.05, 3.63) is 52.6 Å². The summed E-state index contributed by atoms with van der Waals surface area (Å²) in [6, 6.07) is 7.45. The van der Waals surface area contributed by atoms with Gasteiger partial charge >= 0.3 is 5.97 Å². The predicted molar refractivity (Wildman–Crippen MR) is 87.6 cm³/mol. The van der Waals surface area contributed by atoms with E-state index in [4.69, 9.17) is 25.8 Å². The first-order valence-corrected chi connectivity index (χ1v) is 7.33. The molecule has 0 spiro atoms. The van der Waals surface area contributed by atoms with Crippen LogP contribution in [0.4, 0.5) is 0 Å². The molecule has 0 fully saturated rings. The van der Waals surface area contributed by atoms with Crippen molar-refractivity contribution >= 4 is 23.6 Å². The van der Waals surface area contributed by atoms with Crippen molar-refractivity contribution in [1.82, 2.24) is 0 Å². The molecular formula is C17H21ClO4. The van der Waals surface area contributed by atoms with Crippen LogP contribution in [0.5, 0.6) is 0 Å². The standard InChI is InChI=1S/C17H21ClO4/c1-4-22-16(19)11-10-14(17(20-2)21-3)9-8-13-6-5-7-15(18)12-13/h5-10,12,17H,4,11H2,1-3H3. The third kappa shape index (κ3) is 6.43. The summed E-state index contributed by atoms with van der Waals surface area (Å²) in [6.45, 7) is 2.13. The highest BCUT2D eigenvalue weighted by atomic mass is 35.5. The van der Waals surface area contributed by atoms with E-state index in [1.165, 1.54) is 0 Å². The van der Waals surface area contributed by atoms with Gasteiger partial charge in [-0.1, -0.05) is 42.0 Å². The molecule has 0 aliphatic rings. The van der Waals surface area contributed by atoms with Crippen LogP contribution in [0.25, 0.3) is 6.08 Å². The number of halogens is 1. The monoisotopic (exact) mass is 324 g/mol. The maximum absolute atomic E-state index is 11.5. The van der Waals surface area contributed by atoms with Crippen LogP contribution in [0.1, 0.15) is 18.9 Å². The second-order valence-corrected chi connectivity index (χ2v) is 4.84. The van der Waals surface area contributed by atoms with Crippen LogP contribution >= 0.6 is 11.6 Å². The first-order valence-electron chi connectivity index (χ1n) is 6.95. The molecule has 0 amide bonds. The van der Waals surface area contributed by atoms with Crippen molar-refractivity contribution in [2.45, 2.75) is 19.6 Å². The van der Waals surface area contributed by atoms with E-state index in [1.807, 2.05) is 36.4 Å². The van der Waals surface area contributed by atoms with Gasteiger partial charge in [-0.3, -0.25) is 4.79 Å². The fraction of sp³-hybridized carbons (Fsp3) is 0.353. The zero-order chi connectivity index (χ0) is 16.4. The van der Waals surface area contributed by atoms with Gasteiger partial charge in [-0.25, -0.2) is 0 Å². The van der Waals surface area contributed by atoms with Gasteiger partial charge < -0.3 is 14.2 Å². The summed E-state index contributed by atoms with van der Waals surface area (Å²) >= 11 is 5.96. The molecule has 120 valence electrons. The summed E-state index contributed by atoms with van der Waals surface area (Å²) in [4.78, 5) is 11.5. The Morgan fingerprint density at radius 1 is 1.32 bits per heavy atom. The van der Waals surface area contributed by atoms with Crippen molar-refractivity contribution in [2.75, 3.05) is 20.8 Å². The molecule has 1 rings (SSSR count). The SMILES string of the molecule is CCOC(=O)CC=C(C=Cc1cccc(Cl)c1)C(OC)OC. The van der Waals surface area contributed by atoms with Crippen molar-refractivity contribution in [3.63, 3.8) is 0 Å². The number of carbonyl (C=O) groups is 1. The number of rotatable bonds is 8. The first kappa shape index (κ1) is 18.4. The maximum Gasteiger partial charge on any atom is 0.309 e. The molecule has 0 saturated carbocycles. The van der Waals surface area contributed by atoms with E-state index in [1.54, 1.807) is 27.2 Å². The van der Waals surface area contributed by atoms with Crippen LogP contribution in [0.15, 0.2) is 42.0 Å². The Morgan fingerprint density at radius 2 is 2.05 bits per heavy atom. The third-order valence-corrected chi connectivity index (χ3v) is 3.06. The number of esters is 1. The van der Waals surface area contributed by atoms with Gasteiger partial charge in [0.25, 0.3) is 0 Å². The maximum atomic E-state index is 11.5. The van der Waals surface area contributed by atoms with E-state index in [-0.39, 0.29) is 12.4 Å². The second kappa shape index (κ2) is 10.2. The molecule has 0 unspecified atom stereocenters. The Kier molecular flexibility index (Phi) is 8.51. The normalized spacial score (nSPS) is 12.1. The van der Waals surface area contributed by atoms with Crippen LogP contribution in [-0.2, 0) is 19.0 Å². The van der Waals surface area contributed by atoms with E-state index >= 15 is 0 Å². The lowest BCUT2D eigenvalue weighted by Gasteiger charge is -2.14. The molecular weight excluding hydrogens is 304 g/mol. The second-order valence-electron chi connectivity index (χ2n) is 4.40. The molecule has 0 atom stereocenters. The van der Waals surface area contributed by atoms with Crippen LogP contribution < -0.4 is 0 Å². The van der Waals surface area contributed by atoms with Gasteiger partial charge in [0, 0.05) is 24.8 Å².